The Morgan fingerprint density at radius 1 is 1.00 bits per heavy atom. The molecule has 132 valence electrons. The van der Waals surface area contributed by atoms with E-state index in [1.807, 2.05) is 30.3 Å². The number of rotatable bonds is 7. The van der Waals surface area contributed by atoms with E-state index < -0.39 is 0 Å². The molecule has 25 heavy (non-hydrogen) atoms. The van der Waals surface area contributed by atoms with Crippen LogP contribution in [0.4, 0.5) is 0 Å². The van der Waals surface area contributed by atoms with Crippen LogP contribution < -0.4 is 5.32 Å². The largest absolute Gasteiger partial charge is 0.351 e. The Morgan fingerprint density at radius 2 is 1.64 bits per heavy atom. The monoisotopic (exact) mass is 336 g/mol. The smallest absolute Gasteiger partial charge is 0.227 e. The van der Waals surface area contributed by atoms with Crippen LogP contribution in [0.2, 0.25) is 0 Å². The number of nitrogens with one attached hydrogen (secondary N) is 1. The SMILES string of the molecule is CC[C@H](C(=O)NCc1ccccc1CN1CCCC1)c1ccccc1. The molecule has 1 atom stereocenters. The third-order valence-electron chi connectivity index (χ3n) is 5.09. The summed E-state index contributed by atoms with van der Waals surface area (Å²) in [5, 5.41) is 3.16. The second kappa shape index (κ2) is 8.82. The van der Waals surface area contributed by atoms with Crippen LogP contribution in [-0.4, -0.2) is 23.9 Å². The van der Waals surface area contributed by atoms with Gasteiger partial charge in [0, 0.05) is 13.1 Å². The summed E-state index contributed by atoms with van der Waals surface area (Å²) in [5.41, 5.74) is 3.65. The summed E-state index contributed by atoms with van der Waals surface area (Å²) in [6.45, 7) is 6.03. The molecule has 2 aromatic carbocycles. The van der Waals surface area contributed by atoms with Gasteiger partial charge < -0.3 is 5.32 Å². The fourth-order valence-corrected chi connectivity index (χ4v) is 3.63. The van der Waals surface area contributed by atoms with Gasteiger partial charge >= 0.3 is 0 Å². The number of likely N-dealkylation sites (tertiary alicyclic amines) is 1. The van der Waals surface area contributed by atoms with E-state index in [0.717, 1.165) is 18.5 Å². The summed E-state index contributed by atoms with van der Waals surface area (Å²) < 4.78 is 0. The molecule has 1 aliphatic heterocycles. The van der Waals surface area contributed by atoms with Gasteiger partial charge in [0.2, 0.25) is 5.91 Å². The van der Waals surface area contributed by atoms with Crippen molar-refractivity contribution >= 4 is 5.91 Å². The zero-order chi connectivity index (χ0) is 17.5. The van der Waals surface area contributed by atoms with Gasteiger partial charge in [0.1, 0.15) is 0 Å². The predicted octanol–water partition coefficient (Wildman–Crippen LogP) is 4.09. The highest BCUT2D eigenvalue weighted by atomic mass is 16.1. The molecule has 3 heteroatoms. The van der Waals surface area contributed by atoms with Crippen molar-refractivity contribution < 1.29 is 4.79 Å². The van der Waals surface area contributed by atoms with Gasteiger partial charge in [-0.1, -0.05) is 61.5 Å². The van der Waals surface area contributed by atoms with Crippen molar-refractivity contribution in [3.8, 4) is 0 Å². The van der Waals surface area contributed by atoms with Crippen molar-refractivity contribution in [1.29, 1.82) is 0 Å². The van der Waals surface area contributed by atoms with Crippen molar-refractivity contribution in [2.75, 3.05) is 13.1 Å². The number of amides is 1. The lowest BCUT2D eigenvalue weighted by molar-refractivity contribution is -0.122. The Balaban J connectivity index is 1.63. The van der Waals surface area contributed by atoms with Gasteiger partial charge in [0.25, 0.3) is 0 Å². The number of carbonyl (C=O) groups is 1. The molecule has 1 heterocycles. The first kappa shape index (κ1) is 17.7. The number of nitrogens with zero attached hydrogens (tertiary/aromatic N) is 1. The zero-order valence-corrected chi connectivity index (χ0v) is 15.1. The van der Waals surface area contributed by atoms with Crippen LogP contribution in [0.5, 0.6) is 0 Å². The van der Waals surface area contributed by atoms with E-state index in [-0.39, 0.29) is 11.8 Å². The van der Waals surface area contributed by atoms with Gasteiger partial charge in [-0.3, -0.25) is 9.69 Å². The highest BCUT2D eigenvalue weighted by Crippen LogP contribution is 2.20. The molecule has 1 amide bonds. The molecule has 1 aliphatic rings. The fraction of sp³-hybridized carbons (Fsp3) is 0.409. The second-order valence-corrected chi connectivity index (χ2v) is 6.84. The maximum absolute atomic E-state index is 12.7. The molecule has 0 spiro atoms. The van der Waals surface area contributed by atoms with Crippen LogP contribution in [0.3, 0.4) is 0 Å². The van der Waals surface area contributed by atoms with E-state index in [2.05, 4.69) is 41.4 Å². The maximum Gasteiger partial charge on any atom is 0.227 e. The molecular weight excluding hydrogens is 308 g/mol. The van der Waals surface area contributed by atoms with Crippen molar-refractivity contribution in [2.45, 2.75) is 45.2 Å². The number of carbonyl (C=O) groups excluding carboxylic acids is 1. The number of hydrogen-bond acceptors (Lipinski definition) is 2. The standard InChI is InChI=1S/C22H28N2O/c1-2-21(18-10-4-3-5-11-18)22(25)23-16-19-12-6-7-13-20(19)17-24-14-8-9-15-24/h3-7,10-13,21H,2,8-9,14-17H2,1H3,(H,23,25)/t21-/m0/s1. The lowest BCUT2D eigenvalue weighted by Gasteiger charge is -2.19. The molecule has 0 aliphatic carbocycles. The molecular formula is C22H28N2O. The predicted molar refractivity (Wildman–Crippen MR) is 102 cm³/mol. The normalized spacial score (nSPS) is 15.9. The van der Waals surface area contributed by atoms with Gasteiger partial charge in [-0.2, -0.15) is 0 Å². The first-order valence-electron chi connectivity index (χ1n) is 9.39. The van der Waals surface area contributed by atoms with Crippen molar-refractivity contribution in [2.24, 2.45) is 0 Å². The first-order chi connectivity index (χ1) is 12.3. The van der Waals surface area contributed by atoms with E-state index in [1.165, 1.54) is 37.1 Å². The quantitative estimate of drug-likeness (QED) is 0.826. The second-order valence-electron chi connectivity index (χ2n) is 6.84. The molecule has 0 saturated carbocycles. The molecule has 1 fully saturated rings. The van der Waals surface area contributed by atoms with Gasteiger partial charge in [-0.05, 0) is 49.0 Å². The van der Waals surface area contributed by atoms with E-state index in [1.54, 1.807) is 0 Å². The molecule has 0 radical (unpaired) electrons. The summed E-state index contributed by atoms with van der Waals surface area (Å²) in [6.07, 6.45) is 3.41. The molecule has 1 saturated heterocycles. The lowest BCUT2D eigenvalue weighted by atomic mass is 9.95. The van der Waals surface area contributed by atoms with Crippen LogP contribution in [0.1, 0.15) is 48.8 Å². The summed E-state index contributed by atoms with van der Waals surface area (Å²) in [5.74, 6) is 0.0385. The summed E-state index contributed by atoms with van der Waals surface area (Å²) in [7, 11) is 0. The molecule has 2 aromatic rings. The van der Waals surface area contributed by atoms with Crippen LogP contribution in [0.25, 0.3) is 0 Å². The van der Waals surface area contributed by atoms with Gasteiger partial charge in [-0.25, -0.2) is 0 Å². The van der Waals surface area contributed by atoms with E-state index >= 15 is 0 Å². The van der Waals surface area contributed by atoms with Gasteiger partial charge in [0.05, 0.1) is 5.92 Å². The summed E-state index contributed by atoms with van der Waals surface area (Å²) in [4.78, 5) is 15.2. The minimum absolute atomic E-state index is 0.0769. The van der Waals surface area contributed by atoms with Crippen molar-refractivity contribution in [3.05, 3.63) is 71.3 Å². The third kappa shape index (κ3) is 4.70. The third-order valence-corrected chi connectivity index (χ3v) is 5.09. The van der Waals surface area contributed by atoms with Crippen LogP contribution >= 0.6 is 0 Å². The number of benzene rings is 2. The molecule has 1 N–H and O–H groups in total. The summed E-state index contributed by atoms with van der Waals surface area (Å²) in [6, 6.07) is 18.5. The minimum atomic E-state index is -0.0769. The van der Waals surface area contributed by atoms with Gasteiger partial charge in [0.15, 0.2) is 0 Å². The van der Waals surface area contributed by atoms with Crippen LogP contribution in [-0.2, 0) is 17.9 Å². The molecule has 0 unspecified atom stereocenters. The summed E-state index contributed by atoms with van der Waals surface area (Å²) >= 11 is 0. The highest BCUT2D eigenvalue weighted by molar-refractivity contribution is 5.83. The molecule has 0 bridgehead atoms. The average molecular weight is 336 g/mol. The van der Waals surface area contributed by atoms with Crippen molar-refractivity contribution in [3.63, 3.8) is 0 Å². The maximum atomic E-state index is 12.7. The molecule has 3 nitrogen and oxygen atoms in total. The van der Waals surface area contributed by atoms with Crippen LogP contribution in [0.15, 0.2) is 54.6 Å². The Hall–Kier alpha value is -2.13. The fourth-order valence-electron chi connectivity index (χ4n) is 3.63. The van der Waals surface area contributed by atoms with E-state index in [9.17, 15) is 4.79 Å². The van der Waals surface area contributed by atoms with Crippen LogP contribution in [0, 0.1) is 0 Å². The Kier molecular flexibility index (Phi) is 6.24. The topological polar surface area (TPSA) is 32.3 Å². The van der Waals surface area contributed by atoms with Gasteiger partial charge in [-0.15, -0.1) is 0 Å². The van der Waals surface area contributed by atoms with E-state index in [0.29, 0.717) is 6.54 Å². The number of hydrogen-bond donors (Lipinski definition) is 1. The first-order valence-corrected chi connectivity index (χ1v) is 9.39. The Bertz CT molecular complexity index is 677. The molecule has 0 aromatic heterocycles. The minimum Gasteiger partial charge on any atom is -0.351 e. The van der Waals surface area contributed by atoms with E-state index in [4.69, 9.17) is 0 Å². The lowest BCUT2D eigenvalue weighted by Crippen LogP contribution is -2.29. The zero-order valence-electron chi connectivity index (χ0n) is 15.1. The Labute approximate surface area is 151 Å². The van der Waals surface area contributed by atoms with Crippen molar-refractivity contribution in [1.82, 2.24) is 10.2 Å². The Morgan fingerprint density at radius 3 is 2.32 bits per heavy atom. The molecule has 3 rings (SSSR count). The highest BCUT2D eigenvalue weighted by Gasteiger charge is 2.19. The average Bonchev–Trinajstić information content (AvgIpc) is 3.16.